The van der Waals surface area contributed by atoms with E-state index >= 15 is 0 Å². The Hall–Kier alpha value is -0.420. The minimum absolute atomic E-state index is 0.103. The molecule has 4 bridgehead atoms. The highest BCUT2D eigenvalue weighted by atomic mass is 16.7. The summed E-state index contributed by atoms with van der Waals surface area (Å²) in [7, 11) is 0. The van der Waals surface area contributed by atoms with E-state index in [1.165, 1.54) is 38.5 Å². The molecule has 2 N–H and O–H groups in total. The Morgan fingerprint density at radius 3 is 1.81 bits per heavy atom. The van der Waals surface area contributed by atoms with Crippen LogP contribution in [0.2, 0.25) is 0 Å². The minimum Gasteiger partial charge on any atom is -0.388 e. The van der Waals surface area contributed by atoms with Crippen LogP contribution in [-0.4, -0.2) is 40.9 Å². The van der Waals surface area contributed by atoms with Crippen LogP contribution in [0, 0.1) is 35.0 Å². The second-order valence-corrected chi connectivity index (χ2v) is 11.1. The summed E-state index contributed by atoms with van der Waals surface area (Å²) in [6, 6.07) is 0. The fourth-order valence-electron chi connectivity index (χ4n) is 8.57. The first kappa shape index (κ1) is 17.4. The van der Waals surface area contributed by atoms with Gasteiger partial charge in [-0.1, -0.05) is 12.2 Å². The molecule has 27 heavy (non-hydrogen) atoms. The summed E-state index contributed by atoms with van der Waals surface area (Å²) in [5, 5.41) is 22.3. The van der Waals surface area contributed by atoms with Gasteiger partial charge in [0.05, 0.1) is 24.9 Å². The van der Waals surface area contributed by atoms with Crippen molar-refractivity contribution in [1.29, 1.82) is 0 Å². The van der Waals surface area contributed by atoms with E-state index in [0.717, 1.165) is 43.4 Å². The van der Waals surface area contributed by atoms with E-state index in [1.54, 1.807) is 0 Å². The molecule has 6 aliphatic carbocycles. The normalized spacial score (nSPS) is 53.6. The topological polar surface area (TPSA) is 58.9 Å². The highest BCUT2D eigenvalue weighted by Crippen LogP contribution is 2.61. The molecule has 4 atom stereocenters. The van der Waals surface area contributed by atoms with Gasteiger partial charge in [0, 0.05) is 18.3 Å². The van der Waals surface area contributed by atoms with Gasteiger partial charge >= 0.3 is 0 Å². The quantitative estimate of drug-likeness (QED) is 0.743. The second-order valence-electron chi connectivity index (χ2n) is 11.1. The predicted octanol–water partition coefficient (Wildman–Crippen LogP) is 3.41. The van der Waals surface area contributed by atoms with Crippen molar-refractivity contribution in [2.75, 3.05) is 13.2 Å². The molecule has 6 saturated carbocycles. The monoisotopic (exact) mass is 374 g/mol. The largest absolute Gasteiger partial charge is 0.388 e. The van der Waals surface area contributed by atoms with Gasteiger partial charge in [-0.25, -0.2) is 0 Å². The van der Waals surface area contributed by atoms with E-state index in [2.05, 4.69) is 0 Å². The highest BCUT2D eigenvalue weighted by Gasteiger charge is 2.56. The summed E-state index contributed by atoms with van der Waals surface area (Å²) in [6.07, 6.45) is 14.8. The Morgan fingerprint density at radius 1 is 0.778 bits per heavy atom. The van der Waals surface area contributed by atoms with Crippen LogP contribution in [0.15, 0.2) is 12.2 Å². The second kappa shape index (κ2) is 5.81. The summed E-state index contributed by atoms with van der Waals surface area (Å²) >= 11 is 0. The van der Waals surface area contributed by atoms with Gasteiger partial charge in [-0.15, -0.1) is 0 Å². The molecule has 150 valence electrons. The molecule has 0 amide bonds. The maximum absolute atomic E-state index is 11.2. The van der Waals surface area contributed by atoms with Gasteiger partial charge in [0.1, 0.15) is 0 Å². The zero-order valence-electron chi connectivity index (χ0n) is 16.3. The molecule has 7 fully saturated rings. The van der Waals surface area contributed by atoms with Crippen LogP contribution in [-0.2, 0) is 9.47 Å². The van der Waals surface area contributed by atoms with E-state index in [-0.39, 0.29) is 17.3 Å². The lowest BCUT2D eigenvalue weighted by atomic mass is 9.48. The lowest BCUT2D eigenvalue weighted by Gasteiger charge is -2.58. The number of rotatable bonds is 3. The van der Waals surface area contributed by atoms with Crippen LogP contribution in [0.25, 0.3) is 0 Å². The summed E-state index contributed by atoms with van der Waals surface area (Å²) in [6.45, 7) is 1.42. The summed E-state index contributed by atoms with van der Waals surface area (Å²) in [5.74, 6) is 3.14. The third-order valence-corrected chi connectivity index (χ3v) is 9.16. The molecule has 7 aliphatic rings. The third-order valence-electron chi connectivity index (χ3n) is 9.16. The molecule has 0 aromatic heterocycles. The first-order chi connectivity index (χ1) is 13.0. The van der Waals surface area contributed by atoms with Gasteiger partial charge in [-0.2, -0.15) is 0 Å². The number of aliphatic hydroxyl groups is 2. The van der Waals surface area contributed by atoms with Crippen molar-refractivity contribution in [1.82, 2.24) is 0 Å². The SMILES string of the molecule is OC(C=CC1(O)C[C@@H]2CC3(C[C@@H]2C1)OCCO3)C12CC3CC(CC(C3)C1)C2. The molecule has 7 rings (SSSR count). The molecule has 1 aliphatic heterocycles. The van der Waals surface area contributed by atoms with Crippen molar-refractivity contribution in [3.05, 3.63) is 12.2 Å². The highest BCUT2D eigenvalue weighted by molar-refractivity contribution is 5.16. The maximum Gasteiger partial charge on any atom is 0.169 e. The minimum atomic E-state index is -0.751. The van der Waals surface area contributed by atoms with Crippen molar-refractivity contribution in [2.24, 2.45) is 35.0 Å². The van der Waals surface area contributed by atoms with Crippen molar-refractivity contribution in [3.63, 3.8) is 0 Å². The zero-order valence-corrected chi connectivity index (χ0v) is 16.3. The van der Waals surface area contributed by atoms with Gasteiger partial charge in [0.25, 0.3) is 0 Å². The van der Waals surface area contributed by atoms with Crippen molar-refractivity contribution in [2.45, 2.75) is 81.7 Å². The summed E-state index contributed by atoms with van der Waals surface area (Å²) < 4.78 is 11.8. The van der Waals surface area contributed by atoms with Gasteiger partial charge in [0.2, 0.25) is 0 Å². The summed E-state index contributed by atoms with van der Waals surface area (Å²) in [4.78, 5) is 0. The van der Waals surface area contributed by atoms with Crippen molar-refractivity contribution in [3.8, 4) is 0 Å². The predicted molar refractivity (Wildman–Crippen MR) is 101 cm³/mol. The smallest absolute Gasteiger partial charge is 0.169 e. The molecule has 0 aromatic rings. The van der Waals surface area contributed by atoms with E-state index in [9.17, 15) is 10.2 Å². The zero-order chi connectivity index (χ0) is 18.3. The van der Waals surface area contributed by atoms with Gasteiger partial charge in [-0.05, 0) is 81.0 Å². The molecule has 0 radical (unpaired) electrons. The van der Waals surface area contributed by atoms with E-state index in [0.29, 0.717) is 25.0 Å². The van der Waals surface area contributed by atoms with Crippen molar-refractivity contribution >= 4 is 0 Å². The summed E-state index contributed by atoms with van der Waals surface area (Å²) in [5.41, 5.74) is -0.648. The molecule has 2 unspecified atom stereocenters. The molecule has 1 heterocycles. The fourth-order valence-corrected chi connectivity index (χ4v) is 8.57. The first-order valence-corrected chi connectivity index (χ1v) is 11.3. The molecule has 0 aromatic carbocycles. The Bertz CT molecular complexity index is 583. The molecule has 4 heteroatoms. The van der Waals surface area contributed by atoms with Crippen LogP contribution < -0.4 is 0 Å². The van der Waals surface area contributed by atoms with Crippen molar-refractivity contribution < 1.29 is 19.7 Å². The number of ether oxygens (including phenoxy) is 2. The van der Waals surface area contributed by atoms with Crippen LogP contribution in [0.1, 0.15) is 64.2 Å². The van der Waals surface area contributed by atoms with Gasteiger partial charge in [-0.3, -0.25) is 0 Å². The Balaban J connectivity index is 1.14. The Labute approximate surface area is 162 Å². The molecule has 1 saturated heterocycles. The standard InChI is InChI=1S/C23H34O4/c24-20(21-8-15-5-16(9-21)7-17(6-15)10-21)1-2-22(25)11-18-13-23(14-19(18)12-22)26-3-4-27-23/h1-2,15-20,24-25H,3-14H2/t15?,16?,17?,18-,19+,20?,21?,22?. The van der Waals surface area contributed by atoms with Crippen LogP contribution >= 0.6 is 0 Å². The molecular formula is C23H34O4. The molecular weight excluding hydrogens is 340 g/mol. The van der Waals surface area contributed by atoms with E-state index in [1.807, 2.05) is 12.2 Å². The molecule has 4 nitrogen and oxygen atoms in total. The number of hydrogen-bond donors (Lipinski definition) is 2. The number of aliphatic hydroxyl groups excluding tert-OH is 1. The van der Waals surface area contributed by atoms with E-state index < -0.39 is 5.60 Å². The third kappa shape index (κ3) is 2.78. The first-order valence-electron chi connectivity index (χ1n) is 11.3. The van der Waals surface area contributed by atoms with Crippen LogP contribution in [0.3, 0.4) is 0 Å². The lowest BCUT2D eigenvalue weighted by Crippen LogP contribution is -2.51. The average molecular weight is 375 g/mol. The van der Waals surface area contributed by atoms with Gasteiger partial charge in [0.15, 0.2) is 5.79 Å². The van der Waals surface area contributed by atoms with Gasteiger partial charge < -0.3 is 19.7 Å². The Morgan fingerprint density at radius 2 is 1.30 bits per heavy atom. The fraction of sp³-hybridized carbons (Fsp3) is 0.913. The molecule has 1 spiro atoms. The Kier molecular flexibility index (Phi) is 3.75. The van der Waals surface area contributed by atoms with Crippen LogP contribution in [0.4, 0.5) is 0 Å². The van der Waals surface area contributed by atoms with Crippen LogP contribution in [0.5, 0.6) is 0 Å². The number of fused-ring (bicyclic) bond motifs is 1. The number of hydrogen-bond acceptors (Lipinski definition) is 4. The maximum atomic E-state index is 11.2. The average Bonchev–Trinajstić information content (AvgIpc) is 3.26. The lowest BCUT2D eigenvalue weighted by molar-refractivity contribution is -0.157. The van der Waals surface area contributed by atoms with E-state index in [4.69, 9.17) is 9.47 Å².